The molecule has 0 saturated carbocycles. The van der Waals surface area contributed by atoms with Crippen molar-refractivity contribution in [2.75, 3.05) is 0 Å². The fraction of sp³-hybridized carbons (Fsp3) is 0.0952. The van der Waals surface area contributed by atoms with Crippen LogP contribution < -0.4 is 9.61 Å². The number of nitrogens with one attached hydrogen (secondary N) is 1. The van der Waals surface area contributed by atoms with E-state index in [-0.39, 0.29) is 28.7 Å². The maximum Gasteiger partial charge on any atom is 0.339 e. The normalized spacial score (nSPS) is 11.4. The third-order valence-corrected chi connectivity index (χ3v) is 5.42. The lowest BCUT2D eigenvalue weighted by molar-refractivity contribution is -0.120. The van der Waals surface area contributed by atoms with Crippen LogP contribution in [0.25, 0.3) is 0 Å². The number of aromatic nitrogens is 1. The minimum absolute atomic E-state index is 0.00841. The Morgan fingerprint density at radius 1 is 1.17 bits per heavy atom. The van der Waals surface area contributed by atoms with Crippen LogP contribution in [0.4, 0.5) is 0 Å². The van der Waals surface area contributed by atoms with E-state index >= 15 is 0 Å². The Hall–Kier alpha value is -3.23. The summed E-state index contributed by atoms with van der Waals surface area (Å²) in [5, 5.41) is 4.38. The maximum atomic E-state index is 12.5. The fourth-order valence-corrected chi connectivity index (χ4v) is 3.63. The zero-order chi connectivity index (χ0) is 21.6. The number of halogens is 1. The molecule has 30 heavy (non-hydrogen) atoms. The Morgan fingerprint density at radius 2 is 1.93 bits per heavy atom. The van der Waals surface area contributed by atoms with Gasteiger partial charge in [0.25, 0.3) is 0 Å². The highest BCUT2D eigenvalue weighted by Crippen LogP contribution is 2.20. The summed E-state index contributed by atoms with van der Waals surface area (Å²) in [6, 6.07) is 16.2. The van der Waals surface area contributed by atoms with Crippen LogP contribution in [0.15, 0.2) is 76.9 Å². The van der Waals surface area contributed by atoms with E-state index in [0.717, 1.165) is 11.1 Å². The van der Waals surface area contributed by atoms with Gasteiger partial charge >= 0.3 is 10.1 Å². The first-order valence-electron chi connectivity index (χ1n) is 8.86. The third kappa shape index (κ3) is 5.88. The molecule has 0 spiro atoms. The summed E-state index contributed by atoms with van der Waals surface area (Å²) < 4.78 is 30.2. The number of benzene rings is 2. The van der Waals surface area contributed by atoms with Crippen molar-refractivity contribution in [1.82, 2.24) is 10.4 Å². The molecule has 9 heteroatoms. The highest BCUT2D eigenvalue weighted by Gasteiger charge is 2.18. The molecule has 0 saturated heterocycles. The Morgan fingerprint density at radius 3 is 2.67 bits per heavy atom. The van der Waals surface area contributed by atoms with Gasteiger partial charge in [0.15, 0.2) is 5.75 Å². The van der Waals surface area contributed by atoms with Crippen LogP contribution in [-0.2, 0) is 21.3 Å². The fourth-order valence-electron chi connectivity index (χ4n) is 2.48. The molecule has 1 amide bonds. The number of aryl methyl sites for hydroxylation is 1. The van der Waals surface area contributed by atoms with E-state index in [1.165, 1.54) is 36.7 Å². The van der Waals surface area contributed by atoms with Crippen molar-refractivity contribution in [3.63, 3.8) is 0 Å². The van der Waals surface area contributed by atoms with Gasteiger partial charge < -0.3 is 4.18 Å². The third-order valence-electron chi connectivity index (χ3n) is 3.94. The second kappa shape index (κ2) is 9.51. The van der Waals surface area contributed by atoms with Crippen LogP contribution in [0.1, 0.15) is 16.8 Å². The molecular weight excluding hydrogens is 426 g/mol. The smallest absolute Gasteiger partial charge is 0.339 e. The molecule has 0 aliphatic rings. The lowest BCUT2D eigenvalue weighted by atomic mass is 10.1. The molecule has 3 aromatic rings. The number of pyridine rings is 1. The molecular formula is C21H18ClN3O4S. The zero-order valence-corrected chi connectivity index (χ0v) is 17.5. The van der Waals surface area contributed by atoms with E-state index in [4.69, 9.17) is 15.8 Å². The van der Waals surface area contributed by atoms with Crippen molar-refractivity contribution in [3.8, 4) is 5.75 Å². The zero-order valence-electron chi connectivity index (χ0n) is 15.9. The lowest BCUT2D eigenvalue weighted by Gasteiger charge is -2.09. The monoisotopic (exact) mass is 443 g/mol. The Kier molecular flexibility index (Phi) is 6.81. The van der Waals surface area contributed by atoms with Crippen LogP contribution in [0, 0.1) is 6.92 Å². The SMILES string of the molecule is Cc1ccc(S(=O)(=O)Oc2cccnc2/C=N/NC(=O)Cc2cccc(Cl)c2)cc1. The Labute approximate surface area is 179 Å². The Balaban J connectivity index is 1.69. The topological polar surface area (TPSA) is 97.7 Å². The number of rotatable bonds is 7. The first kappa shape index (κ1) is 21.5. The summed E-state index contributed by atoms with van der Waals surface area (Å²) in [7, 11) is -4.04. The number of hydrogen-bond donors (Lipinski definition) is 1. The minimum atomic E-state index is -4.04. The molecule has 0 atom stereocenters. The van der Waals surface area contributed by atoms with Crippen molar-refractivity contribution < 1.29 is 17.4 Å². The second-order valence-electron chi connectivity index (χ2n) is 6.34. The van der Waals surface area contributed by atoms with Crippen LogP contribution in [0.3, 0.4) is 0 Å². The van der Waals surface area contributed by atoms with Gasteiger partial charge in [0.05, 0.1) is 12.6 Å². The van der Waals surface area contributed by atoms with Crippen molar-refractivity contribution >= 4 is 33.8 Å². The van der Waals surface area contributed by atoms with E-state index < -0.39 is 10.1 Å². The van der Waals surface area contributed by atoms with Crippen molar-refractivity contribution in [3.05, 3.63) is 88.7 Å². The Bertz CT molecular complexity index is 1180. The first-order chi connectivity index (χ1) is 14.3. The van der Waals surface area contributed by atoms with Gasteiger partial charge in [-0.15, -0.1) is 0 Å². The van der Waals surface area contributed by atoms with E-state index in [2.05, 4.69) is 15.5 Å². The molecule has 0 radical (unpaired) electrons. The molecule has 0 aliphatic carbocycles. The first-order valence-corrected chi connectivity index (χ1v) is 10.6. The number of carbonyl (C=O) groups is 1. The van der Waals surface area contributed by atoms with Crippen molar-refractivity contribution in [1.29, 1.82) is 0 Å². The average molecular weight is 444 g/mol. The summed E-state index contributed by atoms with van der Waals surface area (Å²) in [6.45, 7) is 1.85. The van der Waals surface area contributed by atoms with Gasteiger partial charge in [0, 0.05) is 11.2 Å². The average Bonchev–Trinajstić information content (AvgIpc) is 2.69. The van der Waals surface area contributed by atoms with Crippen LogP contribution in [0.5, 0.6) is 5.75 Å². The molecule has 154 valence electrons. The van der Waals surface area contributed by atoms with E-state index in [0.29, 0.717) is 5.02 Å². The molecule has 1 aromatic heterocycles. The summed E-state index contributed by atoms with van der Waals surface area (Å²) in [5.74, 6) is -0.370. The van der Waals surface area contributed by atoms with Crippen LogP contribution in [-0.4, -0.2) is 25.5 Å². The number of hydrazone groups is 1. The quantitative estimate of drug-likeness (QED) is 0.342. The highest BCUT2D eigenvalue weighted by molar-refractivity contribution is 7.87. The van der Waals surface area contributed by atoms with E-state index in [1.54, 1.807) is 36.4 Å². The van der Waals surface area contributed by atoms with Crippen molar-refractivity contribution in [2.24, 2.45) is 5.10 Å². The number of amides is 1. The standard InChI is InChI=1S/C21H18ClN3O4S/c1-15-7-9-18(10-8-15)30(27,28)29-20-6-3-11-23-19(20)14-24-25-21(26)13-16-4-2-5-17(22)12-16/h2-12,14H,13H2,1H3,(H,25,26)/b24-14+. The summed E-state index contributed by atoms with van der Waals surface area (Å²) in [4.78, 5) is 16.1. The molecule has 3 rings (SSSR count). The lowest BCUT2D eigenvalue weighted by Crippen LogP contribution is -2.20. The van der Waals surface area contributed by atoms with E-state index in [1.807, 2.05) is 6.92 Å². The molecule has 0 bridgehead atoms. The number of hydrogen-bond acceptors (Lipinski definition) is 6. The minimum Gasteiger partial charge on any atom is -0.377 e. The molecule has 0 aliphatic heterocycles. The predicted octanol–water partition coefficient (Wildman–Crippen LogP) is 3.50. The van der Waals surface area contributed by atoms with Gasteiger partial charge in [-0.05, 0) is 48.9 Å². The second-order valence-corrected chi connectivity index (χ2v) is 8.32. The van der Waals surface area contributed by atoms with Gasteiger partial charge in [0.2, 0.25) is 5.91 Å². The van der Waals surface area contributed by atoms with Crippen LogP contribution >= 0.6 is 11.6 Å². The largest absolute Gasteiger partial charge is 0.377 e. The number of nitrogens with zero attached hydrogens (tertiary/aromatic N) is 2. The molecule has 0 unspecified atom stereocenters. The summed E-state index contributed by atoms with van der Waals surface area (Å²) in [5.41, 5.74) is 4.18. The predicted molar refractivity (Wildman–Crippen MR) is 114 cm³/mol. The molecule has 0 fully saturated rings. The molecule has 1 N–H and O–H groups in total. The van der Waals surface area contributed by atoms with Crippen LogP contribution in [0.2, 0.25) is 5.02 Å². The van der Waals surface area contributed by atoms with E-state index in [9.17, 15) is 13.2 Å². The maximum absolute atomic E-state index is 12.5. The number of carbonyl (C=O) groups excluding carboxylic acids is 1. The van der Waals surface area contributed by atoms with Gasteiger partial charge in [0.1, 0.15) is 10.6 Å². The highest BCUT2D eigenvalue weighted by atomic mass is 35.5. The van der Waals surface area contributed by atoms with Gasteiger partial charge in [-0.2, -0.15) is 13.5 Å². The molecule has 1 heterocycles. The van der Waals surface area contributed by atoms with Gasteiger partial charge in [-0.1, -0.05) is 41.4 Å². The summed E-state index contributed by atoms with van der Waals surface area (Å²) >= 11 is 5.90. The van der Waals surface area contributed by atoms with Crippen molar-refractivity contribution in [2.45, 2.75) is 18.2 Å². The molecule has 7 nitrogen and oxygen atoms in total. The van der Waals surface area contributed by atoms with Gasteiger partial charge in [-0.3, -0.25) is 9.78 Å². The molecule has 2 aromatic carbocycles. The summed E-state index contributed by atoms with van der Waals surface area (Å²) in [6.07, 6.45) is 2.77. The van der Waals surface area contributed by atoms with Gasteiger partial charge in [-0.25, -0.2) is 5.43 Å².